The number of fused-ring (bicyclic) bond motifs is 2. The third-order valence-electron chi connectivity index (χ3n) is 6.67. The number of nitrogen functional groups attached to an aromatic ring is 1. The Balaban J connectivity index is 1.84. The molecule has 168 valence electrons. The van der Waals surface area contributed by atoms with Gasteiger partial charge in [0.15, 0.2) is 0 Å². The Morgan fingerprint density at radius 3 is 2.35 bits per heavy atom. The highest BCUT2D eigenvalue weighted by molar-refractivity contribution is 5.71. The molecule has 0 unspecified atom stereocenters. The maximum Gasteiger partial charge on any atom is 0.410 e. The molecule has 31 heavy (non-hydrogen) atoms. The predicted octanol–water partition coefficient (Wildman–Crippen LogP) is 5.33. The van der Waals surface area contributed by atoms with Crippen molar-refractivity contribution in [2.24, 2.45) is 0 Å². The first-order valence-corrected chi connectivity index (χ1v) is 11.1. The number of carbonyl (C=O) groups excluding carboxylic acids is 1. The highest BCUT2D eigenvalue weighted by Crippen LogP contribution is 2.50. The molecule has 2 aromatic rings. The molecule has 1 aromatic carbocycles. The number of nitrogens with zero attached hydrogens (tertiary/aromatic N) is 3. The first-order chi connectivity index (χ1) is 14.4. The Morgan fingerprint density at radius 2 is 1.81 bits per heavy atom. The third-order valence-corrected chi connectivity index (χ3v) is 6.67. The van der Waals surface area contributed by atoms with Gasteiger partial charge in [-0.3, -0.25) is 0 Å². The van der Waals surface area contributed by atoms with Crippen LogP contribution in [0.15, 0.2) is 12.1 Å². The average Bonchev–Trinajstić information content (AvgIpc) is 3.27. The molecule has 4 rings (SSSR count). The number of ether oxygens (including phenoxy) is 1. The molecule has 2 aliphatic rings. The molecule has 1 atom stereocenters. The van der Waals surface area contributed by atoms with Gasteiger partial charge in [-0.2, -0.15) is 5.10 Å². The highest BCUT2D eigenvalue weighted by atomic mass is 19.1. The van der Waals surface area contributed by atoms with Crippen LogP contribution in [0.5, 0.6) is 0 Å². The van der Waals surface area contributed by atoms with Crippen molar-refractivity contribution in [3.63, 3.8) is 0 Å². The number of halogens is 1. The third kappa shape index (κ3) is 3.58. The fourth-order valence-corrected chi connectivity index (χ4v) is 5.17. The summed E-state index contributed by atoms with van der Waals surface area (Å²) < 4.78 is 21.7. The zero-order chi connectivity index (χ0) is 22.7. The number of hydrogen-bond donors (Lipinski definition) is 1. The summed E-state index contributed by atoms with van der Waals surface area (Å²) in [4.78, 5) is 14.9. The van der Waals surface area contributed by atoms with E-state index in [9.17, 15) is 9.18 Å². The van der Waals surface area contributed by atoms with Crippen LogP contribution in [-0.2, 0) is 10.2 Å². The quantitative estimate of drug-likeness (QED) is 0.666. The van der Waals surface area contributed by atoms with Crippen molar-refractivity contribution in [2.75, 3.05) is 12.3 Å². The van der Waals surface area contributed by atoms with Crippen molar-refractivity contribution in [3.8, 4) is 5.69 Å². The smallest absolute Gasteiger partial charge is 0.410 e. The number of hydrogen-bond acceptors (Lipinski definition) is 4. The topological polar surface area (TPSA) is 73.4 Å². The molecule has 1 spiro atoms. The van der Waals surface area contributed by atoms with E-state index in [-0.39, 0.29) is 23.4 Å². The Hall–Kier alpha value is -2.57. The summed E-state index contributed by atoms with van der Waals surface area (Å²) in [5, 5.41) is 4.98. The van der Waals surface area contributed by atoms with Gasteiger partial charge in [0, 0.05) is 17.5 Å². The molecule has 0 saturated heterocycles. The van der Waals surface area contributed by atoms with Crippen molar-refractivity contribution in [3.05, 3.63) is 40.3 Å². The van der Waals surface area contributed by atoms with Crippen molar-refractivity contribution >= 4 is 11.9 Å². The molecule has 1 fully saturated rings. The number of nitrogens with two attached hydrogens (primary N) is 1. The van der Waals surface area contributed by atoms with E-state index >= 15 is 0 Å². The highest BCUT2D eigenvalue weighted by Gasteiger charge is 2.50. The molecule has 6 nitrogen and oxygen atoms in total. The molecule has 2 heterocycles. The molecular formula is C24H33FN4O2. The van der Waals surface area contributed by atoms with Crippen LogP contribution in [0.1, 0.15) is 81.8 Å². The summed E-state index contributed by atoms with van der Waals surface area (Å²) in [6.45, 7) is 11.7. The van der Waals surface area contributed by atoms with Gasteiger partial charge in [-0.1, -0.05) is 12.8 Å². The van der Waals surface area contributed by atoms with E-state index in [4.69, 9.17) is 15.6 Å². The number of aromatic nitrogens is 2. The molecule has 1 aliphatic carbocycles. The monoisotopic (exact) mass is 428 g/mol. The van der Waals surface area contributed by atoms with Gasteiger partial charge < -0.3 is 15.4 Å². The first-order valence-electron chi connectivity index (χ1n) is 11.1. The first kappa shape index (κ1) is 21.7. The minimum atomic E-state index is -0.571. The number of amides is 1. The SMILES string of the molecule is Cc1cc(-n2nc3c(c2N)[C@H](C)N(C(=O)OC(C)(C)C)CC32CCCC2)cc(C)c1F. The largest absolute Gasteiger partial charge is 0.444 e. The van der Waals surface area contributed by atoms with Crippen LogP contribution in [-0.4, -0.2) is 32.9 Å². The van der Waals surface area contributed by atoms with Gasteiger partial charge in [0.25, 0.3) is 0 Å². The number of rotatable bonds is 1. The van der Waals surface area contributed by atoms with E-state index in [0.29, 0.717) is 23.5 Å². The fraction of sp³-hybridized carbons (Fsp3) is 0.583. The molecular weight excluding hydrogens is 395 g/mol. The van der Waals surface area contributed by atoms with Crippen molar-refractivity contribution in [1.29, 1.82) is 0 Å². The molecule has 1 aromatic heterocycles. The summed E-state index contributed by atoms with van der Waals surface area (Å²) in [5.74, 6) is 0.295. The van der Waals surface area contributed by atoms with Gasteiger partial charge in [-0.05, 0) is 77.6 Å². The second-order valence-electron chi connectivity index (χ2n) is 10.2. The lowest BCUT2D eigenvalue weighted by Crippen LogP contribution is -2.50. The van der Waals surface area contributed by atoms with E-state index in [1.807, 2.05) is 32.6 Å². The van der Waals surface area contributed by atoms with Crippen LogP contribution >= 0.6 is 0 Å². The lowest BCUT2D eigenvalue weighted by Gasteiger charge is -2.43. The van der Waals surface area contributed by atoms with Crippen LogP contribution in [0.2, 0.25) is 0 Å². The van der Waals surface area contributed by atoms with Crippen molar-refractivity contribution in [1.82, 2.24) is 14.7 Å². The lowest BCUT2D eigenvalue weighted by atomic mass is 9.76. The summed E-state index contributed by atoms with van der Waals surface area (Å²) in [6, 6.07) is 3.29. The van der Waals surface area contributed by atoms with E-state index in [0.717, 1.165) is 42.6 Å². The van der Waals surface area contributed by atoms with Gasteiger partial charge in [0.05, 0.1) is 17.4 Å². The van der Waals surface area contributed by atoms with Crippen molar-refractivity contribution in [2.45, 2.75) is 84.3 Å². The van der Waals surface area contributed by atoms with E-state index in [1.165, 1.54) is 0 Å². The van der Waals surface area contributed by atoms with Gasteiger partial charge in [0.2, 0.25) is 0 Å². The molecule has 0 bridgehead atoms. The minimum absolute atomic E-state index is 0.212. The zero-order valence-corrected chi connectivity index (χ0v) is 19.4. The van der Waals surface area contributed by atoms with Crippen LogP contribution in [0, 0.1) is 19.7 Å². The molecule has 1 amide bonds. The fourth-order valence-electron chi connectivity index (χ4n) is 5.17. The Labute approximate surface area is 183 Å². The van der Waals surface area contributed by atoms with E-state index in [2.05, 4.69) is 0 Å². The van der Waals surface area contributed by atoms with Crippen LogP contribution < -0.4 is 5.73 Å². The summed E-state index contributed by atoms with van der Waals surface area (Å²) in [5.41, 5.74) is 9.59. The minimum Gasteiger partial charge on any atom is -0.444 e. The maximum atomic E-state index is 14.2. The second kappa shape index (κ2) is 7.24. The molecule has 7 heteroatoms. The Kier molecular flexibility index (Phi) is 5.06. The Bertz CT molecular complexity index is 1010. The average molecular weight is 429 g/mol. The van der Waals surface area contributed by atoms with Gasteiger partial charge in [-0.15, -0.1) is 0 Å². The Morgan fingerprint density at radius 1 is 1.23 bits per heavy atom. The normalized spacial score (nSPS) is 20.2. The second-order valence-corrected chi connectivity index (χ2v) is 10.2. The lowest BCUT2D eigenvalue weighted by molar-refractivity contribution is 0.00820. The summed E-state index contributed by atoms with van der Waals surface area (Å²) in [6.07, 6.45) is 3.79. The molecule has 1 saturated carbocycles. The number of benzene rings is 1. The van der Waals surface area contributed by atoms with Gasteiger partial charge >= 0.3 is 6.09 Å². The van der Waals surface area contributed by atoms with Gasteiger partial charge in [-0.25, -0.2) is 13.9 Å². The molecule has 0 radical (unpaired) electrons. The molecule has 2 N–H and O–H groups in total. The number of carbonyl (C=O) groups is 1. The maximum absolute atomic E-state index is 14.2. The van der Waals surface area contributed by atoms with Crippen LogP contribution in [0.3, 0.4) is 0 Å². The van der Waals surface area contributed by atoms with Gasteiger partial charge in [0.1, 0.15) is 17.2 Å². The van der Waals surface area contributed by atoms with Crippen LogP contribution in [0.4, 0.5) is 15.0 Å². The number of anilines is 1. The zero-order valence-electron chi connectivity index (χ0n) is 19.4. The number of aryl methyl sites for hydroxylation is 2. The standard InChI is InChI=1S/C24H33FN4O2/c1-14-11-17(12-15(2)19(14)25)29-21(26)18-16(3)28(22(30)31-23(4,5)6)13-24(20(18)27-29)9-7-8-10-24/h11-12,16H,7-10,13,26H2,1-6H3/t16-/m0/s1. The van der Waals surface area contributed by atoms with E-state index in [1.54, 1.807) is 30.7 Å². The van der Waals surface area contributed by atoms with E-state index < -0.39 is 5.60 Å². The summed E-state index contributed by atoms with van der Waals surface area (Å²) in [7, 11) is 0. The van der Waals surface area contributed by atoms with Crippen LogP contribution in [0.25, 0.3) is 5.69 Å². The van der Waals surface area contributed by atoms with Crippen molar-refractivity contribution < 1.29 is 13.9 Å². The molecule has 1 aliphatic heterocycles. The predicted molar refractivity (Wildman–Crippen MR) is 119 cm³/mol. The summed E-state index contributed by atoms with van der Waals surface area (Å²) >= 11 is 0.